The Kier molecular flexibility index (Phi) is 44.5. The second-order valence-electron chi connectivity index (χ2n) is 25.2. The fourth-order valence-electron chi connectivity index (χ4n) is 10.3. The van der Waals surface area contributed by atoms with Gasteiger partial charge in [-0.15, -0.1) is 0 Å². The number of aliphatic hydroxyl groups excluding tert-OH is 3. The maximum absolute atomic E-state index is 12.5. The molecule has 0 aliphatic heterocycles. The summed E-state index contributed by atoms with van der Waals surface area (Å²) in [5.74, 6) is -4.96. The molecule has 33 nitrogen and oxygen atoms in total. The summed E-state index contributed by atoms with van der Waals surface area (Å²) < 4.78 is 0. The van der Waals surface area contributed by atoms with E-state index in [0.717, 1.165) is 88.3 Å². The van der Waals surface area contributed by atoms with Gasteiger partial charge in [0.05, 0.1) is 26.2 Å². The number of hydrogen-bond acceptors (Lipinski definition) is 22. The standard InChI is InChI=1S/C67H112N16O17/c1-47(73-42-51(85)39-67(2,38-50(84)41-68-3)40-52(86)45-82(4)35-36-83(5)46-59(93)94)37-48-27-29-49(30-28-48)76-64-80-62(71-33-19-13-9-7-6-8-11-15-25-55(87)69-31-21-17-23-53(60(95)96)77-65(99)74-43-57(89)90)79-63(81-64)72-34-20-14-10-12-16-26-56(88)70-32-22-18-24-54(61(97)98)78-66(100)75-44-58(91)92/h27-30,38-40,47,53-54,68,73,84-86H,6-26,31-37,41-46H2,1-5H3,(H,69,87)(H,70,88)(H,89,90)(H,91,92)(H,93,94)(H,95,96)(H,97,98)(H2,74,77,99)(H2,75,78,100)(H3,71,72,76,79,80,81)/b50-38+,51-39+,52-40+/t47?,53-,54-,67?/m0/s1. The molecule has 0 aliphatic carbocycles. The van der Waals surface area contributed by atoms with Crippen LogP contribution in [0.2, 0.25) is 0 Å². The van der Waals surface area contributed by atoms with Gasteiger partial charge >= 0.3 is 41.9 Å². The van der Waals surface area contributed by atoms with Crippen LogP contribution in [0.4, 0.5) is 33.1 Å². The highest BCUT2D eigenvalue weighted by Gasteiger charge is 2.24. The Morgan fingerprint density at radius 1 is 0.480 bits per heavy atom. The lowest BCUT2D eigenvalue weighted by Gasteiger charge is -2.23. The lowest BCUT2D eigenvalue weighted by Crippen LogP contribution is -2.47. The van der Waals surface area contributed by atoms with Gasteiger partial charge in [-0.25, -0.2) is 19.2 Å². The third kappa shape index (κ3) is 44.8. The van der Waals surface area contributed by atoms with Crippen LogP contribution in [-0.2, 0) is 40.0 Å². The second kappa shape index (κ2) is 51.1. The van der Waals surface area contributed by atoms with E-state index < -0.39 is 72.5 Å². The topological polar surface area (TPSA) is 493 Å². The molecule has 0 radical (unpaired) electrons. The van der Waals surface area contributed by atoms with Gasteiger partial charge in [-0.2, -0.15) is 15.0 Å². The van der Waals surface area contributed by atoms with Crippen LogP contribution >= 0.6 is 0 Å². The zero-order chi connectivity index (χ0) is 74.1. The molecule has 1 aromatic heterocycles. The molecule has 0 saturated heterocycles. The van der Waals surface area contributed by atoms with E-state index in [1.807, 2.05) is 36.1 Å². The van der Waals surface area contributed by atoms with Crippen LogP contribution in [-0.4, -0.2) is 237 Å². The number of carbonyl (C=O) groups is 9. The van der Waals surface area contributed by atoms with Gasteiger partial charge in [0, 0.05) is 69.3 Å². The number of aromatic nitrogens is 3. The van der Waals surface area contributed by atoms with Crippen LogP contribution in [0.3, 0.4) is 0 Å². The Morgan fingerprint density at radius 3 is 1.33 bits per heavy atom. The van der Waals surface area contributed by atoms with Crippen LogP contribution in [0.5, 0.6) is 0 Å². The third-order valence-corrected chi connectivity index (χ3v) is 15.5. The molecule has 562 valence electrons. The van der Waals surface area contributed by atoms with E-state index in [-0.39, 0.29) is 74.2 Å². The molecule has 0 aliphatic rings. The predicted octanol–water partition coefficient (Wildman–Crippen LogP) is 5.56. The Bertz CT molecular complexity index is 2900. The van der Waals surface area contributed by atoms with Crippen molar-refractivity contribution >= 4 is 77.3 Å². The summed E-state index contributed by atoms with van der Waals surface area (Å²) >= 11 is 0. The van der Waals surface area contributed by atoms with Crippen molar-refractivity contribution in [3.8, 4) is 0 Å². The van der Waals surface area contributed by atoms with E-state index in [0.29, 0.717) is 108 Å². The number of nitrogens with zero attached hydrogens (tertiary/aromatic N) is 5. The minimum Gasteiger partial charge on any atom is -0.511 e. The average molecular weight is 1410 g/mol. The molecule has 1 aromatic carbocycles. The first-order valence-corrected chi connectivity index (χ1v) is 34.4. The van der Waals surface area contributed by atoms with Crippen molar-refractivity contribution in [3.63, 3.8) is 0 Å². The monoisotopic (exact) mass is 1410 g/mol. The highest BCUT2D eigenvalue weighted by molar-refractivity contribution is 5.85. The van der Waals surface area contributed by atoms with Crippen LogP contribution in [0, 0.1) is 5.41 Å². The van der Waals surface area contributed by atoms with Crippen LogP contribution in [0.15, 0.2) is 59.8 Å². The van der Waals surface area contributed by atoms with E-state index in [1.165, 1.54) is 0 Å². The average Bonchev–Trinajstić information content (AvgIpc) is 0.882. The molecule has 2 aromatic rings. The Balaban J connectivity index is 1.96. The van der Waals surface area contributed by atoms with Crippen molar-refractivity contribution in [2.24, 2.45) is 5.41 Å². The van der Waals surface area contributed by atoms with Crippen molar-refractivity contribution in [2.75, 3.05) is 116 Å². The molecule has 19 N–H and O–H groups in total. The van der Waals surface area contributed by atoms with Gasteiger partial charge in [-0.05, 0) is 142 Å². The number of amides is 6. The molecule has 100 heavy (non-hydrogen) atoms. The van der Waals surface area contributed by atoms with Gasteiger partial charge in [0.1, 0.15) is 42.5 Å². The zero-order valence-electron chi connectivity index (χ0n) is 58.8. The van der Waals surface area contributed by atoms with Crippen LogP contribution in [0.1, 0.15) is 154 Å². The summed E-state index contributed by atoms with van der Waals surface area (Å²) in [6.45, 7) is 5.71. The molecule has 1 heterocycles. The first-order valence-electron chi connectivity index (χ1n) is 34.4. The molecule has 2 unspecified atom stereocenters. The molecule has 4 atom stereocenters. The van der Waals surface area contributed by atoms with Crippen molar-refractivity contribution in [1.29, 1.82) is 0 Å². The number of carboxylic acids is 5. The van der Waals surface area contributed by atoms with E-state index >= 15 is 0 Å². The fourth-order valence-corrected chi connectivity index (χ4v) is 10.3. The summed E-state index contributed by atoms with van der Waals surface area (Å²) in [4.78, 5) is 121. The lowest BCUT2D eigenvalue weighted by atomic mass is 9.87. The van der Waals surface area contributed by atoms with E-state index in [4.69, 9.17) is 20.3 Å². The number of nitrogens with one attached hydrogen (secondary N) is 11. The second-order valence-corrected chi connectivity index (χ2v) is 25.2. The van der Waals surface area contributed by atoms with Gasteiger partial charge < -0.3 is 99.3 Å². The van der Waals surface area contributed by atoms with E-state index in [9.17, 15) is 68.7 Å². The smallest absolute Gasteiger partial charge is 0.326 e. The summed E-state index contributed by atoms with van der Waals surface area (Å²) in [5, 5.41) is 109. The van der Waals surface area contributed by atoms with Crippen molar-refractivity contribution < 1.29 is 84.0 Å². The number of urea groups is 2. The number of carboxylic acid groups (broad SMARTS) is 5. The number of carbonyl (C=O) groups excluding carboxylic acids is 4. The maximum Gasteiger partial charge on any atom is 0.326 e. The Morgan fingerprint density at radius 2 is 0.890 bits per heavy atom. The molecule has 0 fully saturated rings. The number of benzene rings is 1. The van der Waals surface area contributed by atoms with Crippen molar-refractivity contribution in [2.45, 2.75) is 173 Å². The quantitative estimate of drug-likeness (QED) is 0.0285. The highest BCUT2D eigenvalue weighted by atomic mass is 16.4. The predicted molar refractivity (Wildman–Crippen MR) is 379 cm³/mol. The molecule has 2 rings (SSSR count). The number of aliphatic carboxylic acids is 5. The minimum atomic E-state index is -1.26. The van der Waals surface area contributed by atoms with Gasteiger partial charge in [-0.1, -0.05) is 69.9 Å². The molecule has 0 bridgehead atoms. The largest absolute Gasteiger partial charge is 0.511 e. The van der Waals surface area contributed by atoms with Gasteiger partial charge in [-0.3, -0.25) is 33.8 Å². The zero-order valence-corrected chi connectivity index (χ0v) is 58.8. The first kappa shape index (κ1) is 87.0. The Hall–Kier alpha value is -9.08. The maximum atomic E-state index is 12.5. The SMILES string of the molecule is CNC/C(O)=C\C(C)(/C=C(/O)CNC(C)Cc1ccc(Nc2nc(NCCCCCCCCCCC(=O)NCCCC[C@H](NC(=O)NCC(=O)O)C(=O)O)nc(NCCCCCCCC(=O)NCCCC[C@H](NC(=O)NCC(=O)O)C(=O)O)n2)cc1)/C=C(/O)CN(C)CCN(C)CC(=O)O. The molecule has 6 amide bonds. The first-order chi connectivity index (χ1) is 47.6. The highest BCUT2D eigenvalue weighted by Crippen LogP contribution is 2.27. The minimum absolute atomic E-state index is 0.000121. The van der Waals surface area contributed by atoms with Crippen LogP contribution in [0.25, 0.3) is 0 Å². The van der Waals surface area contributed by atoms with E-state index in [2.05, 4.69) is 68.5 Å². The van der Waals surface area contributed by atoms with Crippen molar-refractivity contribution in [1.82, 2.24) is 67.3 Å². The summed E-state index contributed by atoms with van der Waals surface area (Å²) in [6.07, 6.45) is 20.0. The summed E-state index contributed by atoms with van der Waals surface area (Å²) in [5.41, 5.74) is 0.688. The number of allylic oxidation sites excluding steroid dienone is 3. The van der Waals surface area contributed by atoms with Gasteiger partial charge in [0.2, 0.25) is 29.7 Å². The van der Waals surface area contributed by atoms with Gasteiger partial charge in [0.15, 0.2) is 0 Å². The Labute approximate surface area is 586 Å². The normalized spacial score (nSPS) is 13.3. The molecular weight excluding hydrogens is 1300 g/mol. The summed E-state index contributed by atoms with van der Waals surface area (Å²) in [7, 11) is 5.19. The number of aliphatic hydroxyl groups is 3. The van der Waals surface area contributed by atoms with Gasteiger partial charge in [0.25, 0.3) is 0 Å². The molecular formula is C67H112N16O17. The lowest BCUT2D eigenvalue weighted by molar-refractivity contribution is -0.140. The van der Waals surface area contributed by atoms with Crippen LogP contribution < -0.4 is 58.5 Å². The molecule has 0 saturated carbocycles. The number of rotatable bonds is 58. The number of likely N-dealkylation sites (N-methyl/N-ethyl adjacent to an activating group) is 3. The molecule has 33 heteroatoms. The molecule has 0 spiro atoms. The number of hydrogen-bond donors (Lipinski definition) is 19. The van der Waals surface area contributed by atoms with E-state index in [1.54, 1.807) is 51.2 Å². The number of anilines is 4. The summed E-state index contributed by atoms with van der Waals surface area (Å²) in [6, 6.07) is 3.60. The van der Waals surface area contributed by atoms with Crippen molar-refractivity contribution in [3.05, 3.63) is 65.3 Å². The fraction of sp³-hybridized carbons (Fsp3) is 0.642. The number of unbranched alkanes of at least 4 members (excludes halogenated alkanes) is 13. The third-order valence-electron chi connectivity index (χ3n) is 15.5.